The lowest BCUT2D eigenvalue weighted by molar-refractivity contribution is 0.238. The Morgan fingerprint density at radius 2 is 1.74 bits per heavy atom. The lowest BCUT2D eigenvalue weighted by Crippen LogP contribution is -2.34. The average molecular weight is 329 g/mol. The molecular formula is C20H25ClN2. The molecule has 2 aromatic carbocycles. The molecule has 3 heteroatoms. The van der Waals surface area contributed by atoms with Crippen LogP contribution in [-0.4, -0.2) is 24.5 Å². The molecule has 0 radical (unpaired) electrons. The highest BCUT2D eigenvalue weighted by molar-refractivity contribution is 6.30. The van der Waals surface area contributed by atoms with Crippen LogP contribution in [-0.2, 0) is 6.54 Å². The van der Waals surface area contributed by atoms with Crippen LogP contribution >= 0.6 is 11.6 Å². The molecule has 1 N–H and O–H groups in total. The predicted molar refractivity (Wildman–Crippen MR) is 97.9 cm³/mol. The Labute approximate surface area is 144 Å². The summed E-state index contributed by atoms with van der Waals surface area (Å²) in [5.74, 6) is 0. The number of nitrogens with zero attached hydrogens (tertiary/aromatic N) is 1. The maximum atomic E-state index is 6.05. The first kappa shape index (κ1) is 16.5. The Morgan fingerprint density at radius 3 is 2.43 bits per heavy atom. The molecule has 0 spiro atoms. The van der Waals surface area contributed by atoms with Crippen LogP contribution in [0.1, 0.15) is 35.6 Å². The second kappa shape index (κ2) is 7.96. The van der Waals surface area contributed by atoms with Crippen molar-refractivity contribution >= 4 is 11.6 Å². The third-order valence-corrected chi connectivity index (χ3v) is 5.00. The molecule has 3 rings (SSSR count). The van der Waals surface area contributed by atoms with Gasteiger partial charge in [0.2, 0.25) is 0 Å². The summed E-state index contributed by atoms with van der Waals surface area (Å²) in [6.45, 7) is 6.45. The highest BCUT2D eigenvalue weighted by Crippen LogP contribution is 2.25. The van der Waals surface area contributed by atoms with Crippen molar-refractivity contribution in [1.29, 1.82) is 0 Å². The lowest BCUT2D eigenvalue weighted by atomic mass is 10.0. The van der Waals surface area contributed by atoms with E-state index in [9.17, 15) is 0 Å². The fraction of sp³-hybridized carbons (Fsp3) is 0.400. The number of halogens is 1. The van der Waals surface area contributed by atoms with E-state index in [-0.39, 0.29) is 0 Å². The van der Waals surface area contributed by atoms with Crippen LogP contribution in [0.25, 0.3) is 0 Å². The zero-order chi connectivity index (χ0) is 16.1. The van der Waals surface area contributed by atoms with Crippen LogP contribution in [0.5, 0.6) is 0 Å². The zero-order valence-corrected chi connectivity index (χ0v) is 14.5. The van der Waals surface area contributed by atoms with E-state index in [2.05, 4.69) is 53.5 Å². The molecule has 1 atom stereocenters. The standard InChI is InChI=1S/C20H25ClN2/c1-16-6-2-3-7-18(16)14-22-15-20(23-12-4-5-13-23)17-8-10-19(21)11-9-17/h2-3,6-11,20,22H,4-5,12-15H2,1H3. The molecule has 23 heavy (non-hydrogen) atoms. The number of hydrogen-bond acceptors (Lipinski definition) is 2. The summed E-state index contributed by atoms with van der Waals surface area (Å²) in [6.07, 6.45) is 2.61. The topological polar surface area (TPSA) is 15.3 Å². The summed E-state index contributed by atoms with van der Waals surface area (Å²) in [4.78, 5) is 2.59. The zero-order valence-electron chi connectivity index (χ0n) is 13.8. The number of hydrogen-bond donors (Lipinski definition) is 1. The van der Waals surface area contributed by atoms with Gasteiger partial charge in [-0.25, -0.2) is 0 Å². The molecule has 0 aliphatic carbocycles. The van der Waals surface area contributed by atoms with Crippen LogP contribution in [0.4, 0.5) is 0 Å². The van der Waals surface area contributed by atoms with Crippen LogP contribution in [0.3, 0.4) is 0 Å². The van der Waals surface area contributed by atoms with Crippen molar-refractivity contribution in [3.8, 4) is 0 Å². The van der Waals surface area contributed by atoms with Crippen molar-refractivity contribution in [2.24, 2.45) is 0 Å². The van der Waals surface area contributed by atoms with E-state index in [1.807, 2.05) is 12.1 Å². The molecule has 0 aromatic heterocycles. The Kier molecular flexibility index (Phi) is 5.71. The summed E-state index contributed by atoms with van der Waals surface area (Å²) in [5, 5.41) is 4.47. The van der Waals surface area contributed by atoms with E-state index in [0.717, 1.165) is 18.1 Å². The van der Waals surface area contributed by atoms with E-state index in [0.29, 0.717) is 6.04 Å². The molecule has 1 aliphatic rings. The van der Waals surface area contributed by atoms with Gasteiger partial charge in [0.1, 0.15) is 0 Å². The van der Waals surface area contributed by atoms with Crippen LogP contribution in [0.2, 0.25) is 5.02 Å². The smallest absolute Gasteiger partial charge is 0.0472 e. The molecule has 1 heterocycles. The van der Waals surface area contributed by atoms with Crippen molar-refractivity contribution in [2.45, 2.75) is 32.4 Å². The van der Waals surface area contributed by atoms with E-state index < -0.39 is 0 Å². The Bertz CT molecular complexity index is 618. The Hall–Kier alpha value is -1.35. The summed E-state index contributed by atoms with van der Waals surface area (Å²) in [6, 6.07) is 17.4. The van der Waals surface area contributed by atoms with Gasteiger partial charge in [-0.05, 0) is 61.7 Å². The number of benzene rings is 2. The van der Waals surface area contributed by atoms with Crippen molar-refractivity contribution in [3.63, 3.8) is 0 Å². The number of aryl methyl sites for hydroxylation is 1. The van der Waals surface area contributed by atoms with Gasteiger partial charge < -0.3 is 5.32 Å². The molecule has 0 saturated carbocycles. The molecule has 1 fully saturated rings. The molecule has 0 amide bonds. The van der Waals surface area contributed by atoms with E-state index in [1.165, 1.54) is 42.6 Å². The van der Waals surface area contributed by atoms with Gasteiger partial charge in [0.05, 0.1) is 0 Å². The summed E-state index contributed by atoms with van der Waals surface area (Å²) in [5.41, 5.74) is 4.08. The molecule has 0 bridgehead atoms. The molecule has 122 valence electrons. The monoisotopic (exact) mass is 328 g/mol. The normalized spacial score (nSPS) is 16.6. The van der Waals surface area contributed by atoms with Crippen molar-refractivity contribution < 1.29 is 0 Å². The maximum absolute atomic E-state index is 6.05. The minimum atomic E-state index is 0.429. The summed E-state index contributed by atoms with van der Waals surface area (Å²) in [7, 11) is 0. The molecule has 1 aliphatic heterocycles. The quantitative estimate of drug-likeness (QED) is 0.835. The highest BCUT2D eigenvalue weighted by atomic mass is 35.5. The van der Waals surface area contributed by atoms with Gasteiger partial charge in [-0.15, -0.1) is 0 Å². The molecular weight excluding hydrogens is 304 g/mol. The largest absolute Gasteiger partial charge is 0.311 e. The Balaban J connectivity index is 1.66. The molecule has 2 aromatic rings. The van der Waals surface area contributed by atoms with E-state index in [1.54, 1.807) is 0 Å². The molecule has 1 unspecified atom stereocenters. The first-order valence-electron chi connectivity index (χ1n) is 8.49. The van der Waals surface area contributed by atoms with E-state index in [4.69, 9.17) is 11.6 Å². The minimum absolute atomic E-state index is 0.429. The molecule has 1 saturated heterocycles. The fourth-order valence-corrected chi connectivity index (χ4v) is 3.47. The lowest BCUT2D eigenvalue weighted by Gasteiger charge is -2.28. The third-order valence-electron chi connectivity index (χ3n) is 4.75. The first-order chi connectivity index (χ1) is 11.2. The number of rotatable bonds is 6. The minimum Gasteiger partial charge on any atom is -0.311 e. The molecule has 2 nitrogen and oxygen atoms in total. The summed E-state index contributed by atoms with van der Waals surface area (Å²) < 4.78 is 0. The fourth-order valence-electron chi connectivity index (χ4n) is 3.35. The van der Waals surface area contributed by atoms with Crippen LogP contribution < -0.4 is 5.32 Å². The van der Waals surface area contributed by atoms with Crippen LogP contribution in [0.15, 0.2) is 48.5 Å². The second-order valence-corrected chi connectivity index (χ2v) is 6.80. The van der Waals surface area contributed by atoms with Gasteiger partial charge in [-0.1, -0.05) is 48.0 Å². The van der Waals surface area contributed by atoms with Gasteiger partial charge in [0.15, 0.2) is 0 Å². The Morgan fingerprint density at radius 1 is 1.04 bits per heavy atom. The van der Waals surface area contributed by atoms with Gasteiger partial charge in [0.25, 0.3) is 0 Å². The highest BCUT2D eigenvalue weighted by Gasteiger charge is 2.23. The average Bonchev–Trinajstić information content (AvgIpc) is 3.08. The van der Waals surface area contributed by atoms with Crippen LogP contribution in [0, 0.1) is 6.92 Å². The SMILES string of the molecule is Cc1ccccc1CNCC(c1ccc(Cl)cc1)N1CCCC1. The van der Waals surface area contributed by atoms with Crippen molar-refractivity contribution in [3.05, 3.63) is 70.2 Å². The number of likely N-dealkylation sites (tertiary alicyclic amines) is 1. The first-order valence-corrected chi connectivity index (χ1v) is 8.86. The van der Waals surface area contributed by atoms with Crippen molar-refractivity contribution in [1.82, 2.24) is 10.2 Å². The van der Waals surface area contributed by atoms with Gasteiger partial charge in [0, 0.05) is 24.2 Å². The second-order valence-electron chi connectivity index (χ2n) is 6.37. The van der Waals surface area contributed by atoms with Crippen molar-refractivity contribution in [2.75, 3.05) is 19.6 Å². The number of nitrogens with one attached hydrogen (secondary N) is 1. The third kappa shape index (κ3) is 4.35. The summed E-state index contributed by atoms with van der Waals surface area (Å²) >= 11 is 6.05. The van der Waals surface area contributed by atoms with E-state index >= 15 is 0 Å². The van der Waals surface area contributed by atoms with Gasteiger partial charge in [-0.3, -0.25) is 4.90 Å². The predicted octanol–water partition coefficient (Wildman–Crippen LogP) is 4.58. The van der Waals surface area contributed by atoms with Gasteiger partial charge in [-0.2, -0.15) is 0 Å². The van der Waals surface area contributed by atoms with Gasteiger partial charge >= 0.3 is 0 Å². The maximum Gasteiger partial charge on any atom is 0.0472 e.